The van der Waals surface area contributed by atoms with Crippen LogP contribution in [0, 0.1) is 0 Å². The lowest BCUT2D eigenvalue weighted by Crippen LogP contribution is -2.45. The molecule has 1 amide bonds. The van der Waals surface area contributed by atoms with Crippen molar-refractivity contribution in [2.24, 2.45) is 5.73 Å². The molecule has 3 N–H and O–H groups in total. The van der Waals surface area contributed by atoms with E-state index in [4.69, 9.17) is 5.73 Å². The number of thiazole rings is 1. The monoisotopic (exact) mass is 275 g/mol. The van der Waals surface area contributed by atoms with Gasteiger partial charge in [0.05, 0.1) is 5.54 Å². The van der Waals surface area contributed by atoms with Crippen LogP contribution in [0.4, 0.5) is 0 Å². The average Bonchev–Trinajstić information content (AvgIpc) is 2.93. The largest absolute Gasteiger partial charge is 0.343 e. The zero-order valence-electron chi connectivity index (χ0n) is 11.0. The molecule has 5 heteroatoms. The molecule has 0 saturated heterocycles. The van der Waals surface area contributed by atoms with Gasteiger partial charge in [-0.2, -0.15) is 0 Å². The fourth-order valence-electron chi connectivity index (χ4n) is 1.78. The molecule has 1 heterocycles. The molecule has 2 aromatic rings. The second kappa shape index (κ2) is 5.50. The smallest absolute Gasteiger partial charge is 0.242 e. The van der Waals surface area contributed by atoms with E-state index < -0.39 is 11.6 Å². The summed E-state index contributed by atoms with van der Waals surface area (Å²) in [5, 5.41) is 5.69. The first-order chi connectivity index (χ1) is 9.00. The van der Waals surface area contributed by atoms with Crippen LogP contribution < -0.4 is 11.1 Å². The number of hydrogen-bond acceptors (Lipinski definition) is 4. The first-order valence-electron chi connectivity index (χ1n) is 6.03. The van der Waals surface area contributed by atoms with Gasteiger partial charge in [0.15, 0.2) is 0 Å². The number of hydrogen-bond donors (Lipinski definition) is 2. The molecule has 19 heavy (non-hydrogen) atoms. The van der Waals surface area contributed by atoms with Gasteiger partial charge in [0.25, 0.3) is 0 Å². The molecule has 0 fully saturated rings. The van der Waals surface area contributed by atoms with Crippen LogP contribution in [0.25, 0.3) is 0 Å². The fourth-order valence-corrected chi connectivity index (χ4v) is 2.50. The van der Waals surface area contributed by atoms with Crippen molar-refractivity contribution < 1.29 is 4.79 Å². The Bertz CT molecular complexity index is 537. The maximum atomic E-state index is 12.2. The van der Waals surface area contributed by atoms with Gasteiger partial charge in [-0.1, -0.05) is 30.3 Å². The molecule has 0 bridgehead atoms. The number of nitrogens with two attached hydrogens (primary N) is 1. The molecule has 100 valence electrons. The highest BCUT2D eigenvalue weighted by Gasteiger charge is 2.28. The van der Waals surface area contributed by atoms with Crippen LogP contribution in [0.5, 0.6) is 0 Å². The van der Waals surface area contributed by atoms with Crippen molar-refractivity contribution in [3.8, 4) is 0 Å². The molecule has 0 radical (unpaired) electrons. The molecule has 0 saturated carbocycles. The minimum atomic E-state index is -0.666. The molecule has 0 aliphatic rings. The first kappa shape index (κ1) is 13.7. The summed E-state index contributed by atoms with van der Waals surface area (Å²) < 4.78 is 0. The van der Waals surface area contributed by atoms with E-state index in [1.54, 1.807) is 6.20 Å². The Balaban J connectivity index is 2.09. The van der Waals surface area contributed by atoms with E-state index >= 15 is 0 Å². The second-order valence-corrected chi connectivity index (χ2v) is 5.73. The number of rotatable bonds is 4. The number of benzene rings is 1. The van der Waals surface area contributed by atoms with Crippen LogP contribution in [0.15, 0.2) is 41.9 Å². The summed E-state index contributed by atoms with van der Waals surface area (Å²) in [4.78, 5) is 16.4. The zero-order chi connectivity index (χ0) is 13.9. The lowest BCUT2D eigenvalue weighted by atomic mass is 10.0. The number of nitrogens with zero attached hydrogens (tertiary/aromatic N) is 1. The number of aromatic nitrogens is 1. The molecular weight excluding hydrogens is 258 g/mol. The van der Waals surface area contributed by atoms with Crippen LogP contribution in [-0.2, 0) is 10.3 Å². The van der Waals surface area contributed by atoms with Gasteiger partial charge >= 0.3 is 0 Å². The highest BCUT2D eigenvalue weighted by atomic mass is 32.1. The van der Waals surface area contributed by atoms with Gasteiger partial charge in [0.1, 0.15) is 11.0 Å². The van der Waals surface area contributed by atoms with E-state index in [0.717, 1.165) is 10.6 Å². The zero-order valence-corrected chi connectivity index (χ0v) is 11.8. The third-order valence-electron chi connectivity index (χ3n) is 2.84. The molecule has 1 aromatic heterocycles. The third-order valence-corrected chi connectivity index (χ3v) is 3.94. The number of carbonyl (C=O) groups is 1. The van der Waals surface area contributed by atoms with Crippen molar-refractivity contribution in [3.05, 3.63) is 52.5 Å². The highest BCUT2D eigenvalue weighted by molar-refractivity contribution is 7.09. The Kier molecular flexibility index (Phi) is 3.97. The van der Waals surface area contributed by atoms with Crippen molar-refractivity contribution in [2.45, 2.75) is 25.4 Å². The summed E-state index contributed by atoms with van der Waals surface area (Å²) in [7, 11) is 0. The Labute approximate surface area is 116 Å². The number of nitrogens with one attached hydrogen (secondary N) is 1. The molecule has 0 spiro atoms. The number of amides is 1. The Morgan fingerprint density at radius 2 is 2.05 bits per heavy atom. The van der Waals surface area contributed by atoms with Gasteiger partial charge < -0.3 is 11.1 Å². The molecule has 4 nitrogen and oxygen atoms in total. The molecule has 0 aliphatic carbocycles. The summed E-state index contributed by atoms with van der Waals surface area (Å²) in [5.41, 5.74) is 6.25. The summed E-state index contributed by atoms with van der Waals surface area (Å²) in [6.45, 7) is 3.84. The van der Waals surface area contributed by atoms with Crippen LogP contribution in [0.1, 0.15) is 30.5 Å². The van der Waals surface area contributed by atoms with E-state index in [1.165, 1.54) is 11.3 Å². The highest BCUT2D eigenvalue weighted by Crippen LogP contribution is 2.23. The fraction of sp³-hybridized carbons (Fsp3) is 0.286. The average molecular weight is 275 g/mol. The SMILES string of the molecule is CC(C)(NC(=O)[C@@H](N)c1ccccc1)c1nccs1. The van der Waals surface area contributed by atoms with Crippen LogP contribution >= 0.6 is 11.3 Å². The standard InChI is InChI=1S/C14H17N3OS/c1-14(2,13-16-8-9-19-13)17-12(18)11(15)10-6-4-3-5-7-10/h3-9,11H,15H2,1-2H3,(H,17,18)/t11-/m0/s1. The summed E-state index contributed by atoms with van der Waals surface area (Å²) in [6, 6.07) is 8.66. The Hall–Kier alpha value is -1.72. The summed E-state index contributed by atoms with van der Waals surface area (Å²) in [6.07, 6.45) is 1.73. The van der Waals surface area contributed by atoms with E-state index in [-0.39, 0.29) is 5.91 Å². The van der Waals surface area contributed by atoms with Crippen molar-refractivity contribution >= 4 is 17.2 Å². The molecule has 2 rings (SSSR count). The van der Waals surface area contributed by atoms with Crippen molar-refractivity contribution in [3.63, 3.8) is 0 Å². The van der Waals surface area contributed by atoms with Gasteiger partial charge in [0, 0.05) is 11.6 Å². The maximum Gasteiger partial charge on any atom is 0.242 e. The lowest BCUT2D eigenvalue weighted by molar-refractivity contribution is -0.124. The van der Waals surface area contributed by atoms with Gasteiger partial charge in [-0.25, -0.2) is 4.98 Å². The van der Waals surface area contributed by atoms with E-state index in [2.05, 4.69) is 10.3 Å². The number of carbonyl (C=O) groups excluding carboxylic acids is 1. The molecular formula is C14H17N3OS. The van der Waals surface area contributed by atoms with Gasteiger partial charge in [-0.15, -0.1) is 11.3 Å². The molecule has 1 aromatic carbocycles. The van der Waals surface area contributed by atoms with Crippen LogP contribution in [-0.4, -0.2) is 10.9 Å². The first-order valence-corrected chi connectivity index (χ1v) is 6.91. The normalized spacial score (nSPS) is 13.0. The maximum absolute atomic E-state index is 12.2. The molecule has 0 unspecified atom stereocenters. The van der Waals surface area contributed by atoms with Gasteiger partial charge in [-0.05, 0) is 19.4 Å². The molecule has 0 aliphatic heterocycles. The van der Waals surface area contributed by atoms with Gasteiger partial charge in [0.2, 0.25) is 5.91 Å². The minimum Gasteiger partial charge on any atom is -0.343 e. The topological polar surface area (TPSA) is 68.0 Å². The summed E-state index contributed by atoms with van der Waals surface area (Å²) in [5.74, 6) is -0.202. The van der Waals surface area contributed by atoms with Gasteiger partial charge in [-0.3, -0.25) is 4.79 Å². The molecule has 1 atom stereocenters. The quantitative estimate of drug-likeness (QED) is 0.898. The van der Waals surface area contributed by atoms with Crippen molar-refractivity contribution in [1.29, 1.82) is 0 Å². The van der Waals surface area contributed by atoms with E-state index in [9.17, 15) is 4.79 Å². The van der Waals surface area contributed by atoms with E-state index in [0.29, 0.717) is 0 Å². The van der Waals surface area contributed by atoms with Crippen LogP contribution in [0.2, 0.25) is 0 Å². The minimum absolute atomic E-state index is 0.202. The Morgan fingerprint density at radius 3 is 2.63 bits per heavy atom. The van der Waals surface area contributed by atoms with Crippen molar-refractivity contribution in [1.82, 2.24) is 10.3 Å². The predicted molar refractivity (Wildman–Crippen MR) is 76.7 cm³/mol. The summed E-state index contributed by atoms with van der Waals surface area (Å²) >= 11 is 1.51. The predicted octanol–water partition coefficient (Wildman–Crippen LogP) is 2.19. The third kappa shape index (κ3) is 3.19. The van der Waals surface area contributed by atoms with Crippen molar-refractivity contribution in [2.75, 3.05) is 0 Å². The second-order valence-electron chi connectivity index (χ2n) is 4.84. The van der Waals surface area contributed by atoms with Crippen LogP contribution in [0.3, 0.4) is 0 Å². The van der Waals surface area contributed by atoms with E-state index in [1.807, 2.05) is 49.6 Å². The lowest BCUT2D eigenvalue weighted by Gasteiger charge is -2.25. The Morgan fingerprint density at radius 1 is 1.37 bits per heavy atom.